The van der Waals surface area contributed by atoms with Crippen LogP contribution in [0.15, 0.2) is 18.6 Å². The molecule has 0 saturated carbocycles. The number of nitrogens with zero attached hydrogens (tertiary/aromatic N) is 3. The van der Waals surface area contributed by atoms with Gasteiger partial charge in [-0.3, -0.25) is 4.79 Å². The SMILES string of the molecule is O=C(O)C1CCN(C(=O)NCc2ccncn2)C1. The van der Waals surface area contributed by atoms with E-state index in [0.717, 1.165) is 0 Å². The number of amides is 2. The van der Waals surface area contributed by atoms with E-state index in [-0.39, 0.29) is 12.6 Å². The molecule has 1 saturated heterocycles. The summed E-state index contributed by atoms with van der Waals surface area (Å²) in [4.78, 5) is 31.8. The van der Waals surface area contributed by atoms with Crippen LogP contribution in [0, 0.1) is 5.92 Å². The predicted octanol–water partition coefficient (Wildman–Crippen LogP) is 0.0927. The van der Waals surface area contributed by atoms with Gasteiger partial charge in [-0.05, 0) is 12.5 Å². The van der Waals surface area contributed by atoms with E-state index in [1.165, 1.54) is 11.2 Å². The smallest absolute Gasteiger partial charge is 0.317 e. The van der Waals surface area contributed by atoms with Gasteiger partial charge in [-0.15, -0.1) is 0 Å². The summed E-state index contributed by atoms with van der Waals surface area (Å²) in [5, 5.41) is 11.5. The first-order valence-electron chi connectivity index (χ1n) is 5.67. The molecule has 1 unspecified atom stereocenters. The van der Waals surface area contributed by atoms with Gasteiger partial charge in [0.05, 0.1) is 18.2 Å². The third-order valence-electron chi connectivity index (χ3n) is 2.89. The first kappa shape index (κ1) is 12.3. The zero-order valence-electron chi connectivity index (χ0n) is 9.74. The van der Waals surface area contributed by atoms with Crippen LogP contribution in [0.3, 0.4) is 0 Å². The van der Waals surface area contributed by atoms with Crippen molar-refractivity contribution in [3.05, 3.63) is 24.3 Å². The summed E-state index contributed by atoms with van der Waals surface area (Å²) in [5.74, 6) is -1.30. The second kappa shape index (κ2) is 5.44. The van der Waals surface area contributed by atoms with Crippen molar-refractivity contribution < 1.29 is 14.7 Å². The van der Waals surface area contributed by atoms with E-state index in [1.54, 1.807) is 12.3 Å². The molecule has 7 heteroatoms. The van der Waals surface area contributed by atoms with E-state index in [1.807, 2.05) is 0 Å². The van der Waals surface area contributed by atoms with Gasteiger partial charge in [0.2, 0.25) is 0 Å². The maximum absolute atomic E-state index is 11.8. The molecule has 7 nitrogen and oxygen atoms in total. The van der Waals surface area contributed by atoms with Crippen LogP contribution in [0.2, 0.25) is 0 Å². The molecule has 0 bridgehead atoms. The van der Waals surface area contributed by atoms with Crippen molar-refractivity contribution >= 4 is 12.0 Å². The van der Waals surface area contributed by atoms with E-state index in [9.17, 15) is 9.59 Å². The van der Waals surface area contributed by atoms with Crippen LogP contribution in [0.4, 0.5) is 4.79 Å². The van der Waals surface area contributed by atoms with E-state index >= 15 is 0 Å². The number of carboxylic acids is 1. The Morgan fingerprint density at radius 3 is 3.00 bits per heavy atom. The highest BCUT2D eigenvalue weighted by atomic mass is 16.4. The summed E-state index contributed by atoms with van der Waals surface area (Å²) in [7, 11) is 0. The maximum atomic E-state index is 11.8. The number of aliphatic carboxylic acids is 1. The Bertz CT molecular complexity index is 437. The molecule has 2 amide bonds. The molecule has 1 aromatic rings. The van der Waals surface area contributed by atoms with Crippen molar-refractivity contribution in [2.75, 3.05) is 13.1 Å². The fraction of sp³-hybridized carbons (Fsp3) is 0.455. The number of rotatable bonds is 3. The highest BCUT2D eigenvalue weighted by Crippen LogP contribution is 2.16. The first-order valence-corrected chi connectivity index (χ1v) is 5.67. The molecule has 0 aliphatic carbocycles. The normalized spacial score (nSPS) is 18.7. The van der Waals surface area contributed by atoms with Gasteiger partial charge in [0.15, 0.2) is 0 Å². The molecule has 1 fully saturated rings. The lowest BCUT2D eigenvalue weighted by atomic mass is 10.1. The molecule has 1 atom stereocenters. The fourth-order valence-corrected chi connectivity index (χ4v) is 1.85. The van der Waals surface area contributed by atoms with Crippen LogP contribution >= 0.6 is 0 Å². The number of likely N-dealkylation sites (tertiary alicyclic amines) is 1. The van der Waals surface area contributed by atoms with Gasteiger partial charge in [0.25, 0.3) is 0 Å². The monoisotopic (exact) mass is 250 g/mol. The van der Waals surface area contributed by atoms with Crippen LogP contribution in [0.1, 0.15) is 12.1 Å². The number of hydrogen-bond donors (Lipinski definition) is 2. The lowest BCUT2D eigenvalue weighted by Gasteiger charge is -2.16. The molecule has 2 N–H and O–H groups in total. The molecule has 2 rings (SSSR count). The van der Waals surface area contributed by atoms with Crippen molar-refractivity contribution in [3.8, 4) is 0 Å². The largest absolute Gasteiger partial charge is 0.481 e. The summed E-state index contributed by atoms with van der Waals surface area (Å²) in [5.41, 5.74) is 0.715. The minimum Gasteiger partial charge on any atom is -0.481 e. The average Bonchev–Trinajstić information content (AvgIpc) is 2.87. The summed E-state index contributed by atoms with van der Waals surface area (Å²) in [6, 6.07) is 1.46. The maximum Gasteiger partial charge on any atom is 0.317 e. The zero-order chi connectivity index (χ0) is 13.0. The number of urea groups is 1. The number of carboxylic acid groups (broad SMARTS) is 1. The van der Waals surface area contributed by atoms with Gasteiger partial charge in [-0.2, -0.15) is 0 Å². The molecule has 0 spiro atoms. The molecule has 96 valence electrons. The minimum atomic E-state index is -0.846. The second-order valence-electron chi connectivity index (χ2n) is 4.13. The Kier molecular flexibility index (Phi) is 3.71. The molecule has 18 heavy (non-hydrogen) atoms. The quantitative estimate of drug-likeness (QED) is 0.792. The summed E-state index contributed by atoms with van der Waals surface area (Å²) in [6.45, 7) is 1.06. The van der Waals surface area contributed by atoms with Crippen molar-refractivity contribution in [2.24, 2.45) is 5.92 Å². The Balaban J connectivity index is 1.81. The van der Waals surface area contributed by atoms with Crippen molar-refractivity contribution in [2.45, 2.75) is 13.0 Å². The first-order chi connectivity index (χ1) is 8.66. The van der Waals surface area contributed by atoms with Gasteiger partial charge in [0.1, 0.15) is 6.33 Å². The van der Waals surface area contributed by atoms with Crippen LogP contribution in [0.25, 0.3) is 0 Å². The highest BCUT2D eigenvalue weighted by molar-refractivity contribution is 5.77. The fourth-order valence-electron chi connectivity index (χ4n) is 1.85. The highest BCUT2D eigenvalue weighted by Gasteiger charge is 2.30. The van der Waals surface area contributed by atoms with Gasteiger partial charge >= 0.3 is 12.0 Å². The summed E-state index contributed by atoms with van der Waals surface area (Å²) >= 11 is 0. The van der Waals surface area contributed by atoms with Crippen molar-refractivity contribution in [3.63, 3.8) is 0 Å². The molecular weight excluding hydrogens is 236 g/mol. The third-order valence-corrected chi connectivity index (χ3v) is 2.89. The molecule has 2 heterocycles. The van der Waals surface area contributed by atoms with Crippen molar-refractivity contribution in [1.82, 2.24) is 20.2 Å². The Morgan fingerprint density at radius 2 is 2.39 bits per heavy atom. The lowest BCUT2D eigenvalue weighted by Crippen LogP contribution is -2.38. The van der Waals surface area contributed by atoms with Gasteiger partial charge in [-0.1, -0.05) is 0 Å². The van der Waals surface area contributed by atoms with E-state index in [2.05, 4.69) is 15.3 Å². The number of hydrogen-bond acceptors (Lipinski definition) is 4. The van der Waals surface area contributed by atoms with Crippen LogP contribution in [0.5, 0.6) is 0 Å². The standard InChI is InChI=1S/C11H14N4O3/c16-10(17)8-2-4-15(6-8)11(18)13-5-9-1-3-12-7-14-9/h1,3,7-8H,2,4-6H2,(H,13,18)(H,16,17). The second-order valence-corrected chi connectivity index (χ2v) is 4.13. The van der Waals surface area contributed by atoms with Gasteiger partial charge in [0, 0.05) is 19.3 Å². The minimum absolute atomic E-state index is 0.252. The number of aromatic nitrogens is 2. The van der Waals surface area contributed by atoms with Gasteiger partial charge in [-0.25, -0.2) is 14.8 Å². The van der Waals surface area contributed by atoms with Crippen molar-refractivity contribution in [1.29, 1.82) is 0 Å². The van der Waals surface area contributed by atoms with Crippen LogP contribution in [-0.4, -0.2) is 45.1 Å². The Morgan fingerprint density at radius 1 is 1.56 bits per heavy atom. The molecule has 1 aromatic heterocycles. The van der Waals surface area contributed by atoms with Crippen LogP contribution in [-0.2, 0) is 11.3 Å². The topological polar surface area (TPSA) is 95.4 Å². The third kappa shape index (κ3) is 2.93. The van der Waals surface area contributed by atoms with E-state index in [0.29, 0.717) is 25.2 Å². The van der Waals surface area contributed by atoms with E-state index in [4.69, 9.17) is 5.11 Å². The Labute approximate surface area is 104 Å². The van der Waals surface area contributed by atoms with E-state index < -0.39 is 11.9 Å². The summed E-state index contributed by atoms with van der Waals surface area (Å²) < 4.78 is 0. The number of carbonyl (C=O) groups is 2. The molecule has 0 radical (unpaired) electrons. The molecular formula is C11H14N4O3. The molecule has 1 aliphatic rings. The summed E-state index contributed by atoms with van der Waals surface area (Å²) in [6.07, 6.45) is 3.53. The number of carbonyl (C=O) groups excluding carboxylic acids is 1. The zero-order valence-corrected chi connectivity index (χ0v) is 9.74. The lowest BCUT2D eigenvalue weighted by molar-refractivity contribution is -0.141. The molecule has 0 aromatic carbocycles. The van der Waals surface area contributed by atoms with Crippen LogP contribution < -0.4 is 5.32 Å². The Hall–Kier alpha value is -2.18. The predicted molar refractivity (Wildman–Crippen MR) is 61.6 cm³/mol. The number of nitrogens with one attached hydrogen (secondary N) is 1. The van der Waals surface area contributed by atoms with Gasteiger partial charge < -0.3 is 15.3 Å². The average molecular weight is 250 g/mol. The molecule has 1 aliphatic heterocycles.